The van der Waals surface area contributed by atoms with Crippen molar-refractivity contribution in [2.24, 2.45) is 0 Å². The van der Waals surface area contributed by atoms with Gasteiger partial charge in [0, 0.05) is 11.7 Å². The first-order valence-electron chi connectivity index (χ1n) is 5.50. The van der Waals surface area contributed by atoms with Crippen LogP contribution in [0.15, 0.2) is 27.0 Å². The van der Waals surface area contributed by atoms with Gasteiger partial charge < -0.3 is 5.73 Å². The van der Waals surface area contributed by atoms with E-state index in [1.54, 1.807) is 13.8 Å². The van der Waals surface area contributed by atoms with Gasteiger partial charge in [-0.1, -0.05) is 0 Å². The van der Waals surface area contributed by atoms with E-state index in [-0.39, 0.29) is 21.8 Å². The molecule has 2 aromatic rings. The molecule has 3 N–H and O–H groups in total. The Morgan fingerprint density at radius 1 is 1.42 bits per heavy atom. The van der Waals surface area contributed by atoms with Crippen LogP contribution in [0.5, 0.6) is 0 Å². The minimum absolute atomic E-state index is 0.0825. The Morgan fingerprint density at radius 2 is 2.11 bits per heavy atom. The van der Waals surface area contributed by atoms with Crippen LogP contribution in [0.1, 0.15) is 19.9 Å². The lowest BCUT2D eigenvalue weighted by Crippen LogP contribution is -2.19. The number of hydrogen-bond donors (Lipinski definition) is 2. The number of nitrogens with zero attached hydrogens (tertiary/aromatic N) is 2. The average Bonchev–Trinajstić information content (AvgIpc) is 2.71. The fraction of sp³-hybridized carbons (Fsp3) is 0.273. The summed E-state index contributed by atoms with van der Waals surface area (Å²) in [6, 6.07) is 2.06. The predicted molar refractivity (Wildman–Crippen MR) is 68.1 cm³/mol. The highest BCUT2D eigenvalue weighted by Crippen LogP contribution is 2.34. The Kier molecular flexibility index (Phi) is 3.61. The van der Waals surface area contributed by atoms with E-state index >= 15 is 0 Å². The van der Waals surface area contributed by atoms with Crippen LogP contribution in [0.3, 0.4) is 0 Å². The Bertz CT molecular complexity index is 665. The largest absolute Gasteiger partial charge is 0.398 e. The van der Waals surface area contributed by atoms with Crippen LogP contribution in [0, 0.1) is 11.6 Å². The third-order valence-corrected chi connectivity index (χ3v) is 3.55. The lowest BCUT2D eigenvalue weighted by molar-refractivity contribution is 0.491. The van der Waals surface area contributed by atoms with Crippen molar-refractivity contribution in [1.82, 2.24) is 14.8 Å². The number of nitrogens with one attached hydrogen (secondary N) is 1. The molecule has 0 spiro atoms. The quantitative estimate of drug-likeness (QED) is 0.848. The maximum absolute atomic E-state index is 13.7. The molecule has 102 valence electrons. The van der Waals surface area contributed by atoms with Gasteiger partial charge in [-0.15, -0.1) is 5.10 Å². The SMILES string of the molecule is CC(C)n1c(Sc2c(N)ccc(F)c2F)n[nH]c1=O. The molecule has 0 aliphatic rings. The number of anilines is 1. The smallest absolute Gasteiger partial charge is 0.344 e. The number of nitrogens with two attached hydrogens (primary N) is 1. The summed E-state index contributed by atoms with van der Waals surface area (Å²) in [5.74, 6) is -2.04. The standard InChI is InChI=1S/C11H12F2N4OS/c1-5(2)17-10(18)15-16-11(17)19-9-7(14)4-3-6(12)8(9)13/h3-5H,14H2,1-2H3,(H,15,18). The number of H-pyrrole nitrogens is 1. The Labute approximate surface area is 111 Å². The summed E-state index contributed by atoms with van der Waals surface area (Å²) in [5, 5.41) is 6.29. The van der Waals surface area contributed by atoms with Crippen LogP contribution in [0.2, 0.25) is 0 Å². The molecule has 5 nitrogen and oxygen atoms in total. The van der Waals surface area contributed by atoms with E-state index in [0.717, 1.165) is 17.8 Å². The summed E-state index contributed by atoms with van der Waals surface area (Å²) in [7, 11) is 0. The summed E-state index contributed by atoms with van der Waals surface area (Å²) in [4.78, 5) is 11.5. The zero-order valence-corrected chi connectivity index (χ0v) is 11.1. The number of aromatic nitrogens is 3. The molecule has 0 amide bonds. The van der Waals surface area contributed by atoms with Crippen LogP contribution in [-0.4, -0.2) is 14.8 Å². The zero-order valence-electron chi connectivity index (χ0n) is 10.3. The molecule has 0 bridgehead atoms. The molecule has 0 saturated carbocycles. The van der Waals surface area contributed by atoms with Crippen molar-refractivity contribution >= 4 is 17.4 Å². The Morgan fingerprint density at radius 3 is 2.74 bits per heavy atom. The van der Waals surface area contributed by atoms with Gasteiger partial charge in [0.2, 0.25) is 0 Å². The summed E-state index contributed by atoms with van der Waals surface area (Å²) in [5.41, 5.74) is 5.30. The van der Waals surface area contributed by atoms with Crippen molar-refractivity contribution < 1.29 is 8.78 Å². The van der Waals surface area contributed by atoms with E-state index in [1.165, 1.54) is 10.6 Å². The van der Waals surface area contributed by atoms with Crippen molar-refractivity contribution in [3.63, 3.8) is 0 Å². The monoisotopic (exact) mass is 286 g/mol. The lowest BCUT2D eigenvalue weighted by Gasteiger charge is -2.10. The summed E-state index contributed by atoms with van der Waals surface area (Å²) in [6.07, 6.45) is 0. The van der Waals surface area contributed by atoms with Crippen molar-refractivity contribution in [3.05, 3.63) is 34.3 Å². The van der Waals surface area contributed by atoms with Gasteiger partial charge in [-0.25, -0.2) is 18.7 Å². The summed E-state index contributed by atoms with van der Waals surface area (Å²) >= 11 is 0.811. The molecule has 0 unspecified atom stereocenters. The summed E-state index contributed by atoms with van der Waals surface area (Å²) in [6.45, 7) is 3.57. The molecule has 1 aromatic carbocycles. The van der Waals surface area contributed by atoms with Gasteiger partial charge in [0.25, 0.3) is 0 Å². The lowest BCUT2D eigenvalue weighted by atomic mass is 10.3. The molecular formula is C11H12F2N4OS. The molecule has 0 fully saturated rings. The van der Waals surface area contributed by atoms with Gasteiger partial charge in [0.05, 0.1) is 4.90 Å². The van der Waals surface area contributed by atoms with Gasteiger partial charge >= 0.3 is 5.69 Å². The van der Waals surface area contributed by atoms with Gasteiger partial charge in [0.15, 0.2) is 16.8 Å². The second kappa shape index (κ2) is 5.04. The normalized spacial score (nSPS) is 11.2. The average molecular weight is 286 g/mol. The molecule has 0 aliphatic heterocycles. The van der Waals surface area contributed by atoms with Crippen molar-refractivity contribution in [3.8, 4) is 0 Å². The molecule has 1 heterocycles. The van der Waals surface area contributed by atoms with E-state index in [4.69, 9.17) is 5.73 Å². The fourth-order valence-electron chi connectivity index (χ4n) is 1.56. The first-order valence-corrected chi connectivity index (χ1v) is 6.31. The number of aromatic amines is 1. The van der Waals surface area contributed by atoms with E-state index in [0.29, 0.717) is 0 Å². The van der Waals surface area contributed by atoms with E-state index in [9.17, 15) is 13.6 Å². The van der Waals surface area contributed by atoms with Crippen LogP contribution < -0.4 is 11.4 Å². The van der Waals surface area contributed by atoms with Crippen LogP contribution >= 0.6 is 11.8 Å². The van der Waals surface area contributed by atoms with E-state index < -0.39 is 17.3 Å². The minimum Gasteiger partial charge on any atom is -0.398 e. The molecule has 0 saturated heterocycles. The highest BCUT2D eigenvalue weighted by molar-refractivity contribution is 7.99. The van der Waals surface area contributed by atoms with Crippen LogP contribution in [-0.2, 0) is 0 Å². The van der Waals surface area contributed by atoms with Gasteiger partial charge in [-0.2, -0.15) is 0 Å². The third kappa shape index (κ3) is 2.48. The second-order valence-electron chi connectivity index (χ2n) is 4.16. The molecule has 0 radical (unpaired) electrons. The Balaban J connectivity index is 2.48. The highest BCUT2D eigenvalue weighted by atomic mass is 32.2. The molecular weight excluding hydrogens is 274 g/mol. The highest BCUT2D eigenvalue weighted by Gasteiger charge is 2.18. The predicted octanol–water partition coefficient (Wildman–Crippen LogP) is 2.16. The van der Waals surface area contributed by atoms with Crippen molar-refractivity contribution in [2.75, 3.05) is 5.73 Å². The molecule has 19 heavy (non-hydrogen) atoms. The number of hydrogen-bond acceptors (Lipinski definition) is 4. The maximum Gasteiger partial charge on any atom is 0.344 e. The third-order valence-electron chi connectivity index (χ3n) is 2.46. The maximum atomic E-state index is 13.7. The van der Waals surface area contributed by atoms with Crippen molar-refractivity contribution in [1.29, 1.82) is 0 Å². The second-order valence-corrected chi connectivity index (χ2v) is 5.13. The first-order chi connectivity index (χ1) is 8.91. The molecule has 1 aromatic heterocycles. The number of benzene rings is 1. The number of nitrogen functional groups attached to an aromatic ring is 1. The van der Waals surface area contributed by atoms with Gasteiger partial charge in [-0.05, 0) is 37.7 Å². The first kappa shape index (κ1) is 13.6. The fourth-order valence-corrected chi connectivity index (χ4v) is 2.60. The molecule has 0 atom stereocenters. The van der Waals surface area contributed by atoms with Gasteiger partial charge in [0.1, 0.15) is 0 Å². The number of rotatable bonds is 3. The zero-order chi connectivity index (χ0) is 14.2. The number of halogens is 2. The van der Waals surface area contributed by atoms with Crippen molar-refractivity contribution in [2.45, 2.75) is 29.9 Å². The van der Waals surface area contributed by atoms with Gasteiger partial charge in [-0.3, -0.25) is 4.57 Å². The Hall–Kier alpha value is -1.83. The van der Waals surface area contributed by atoms with Crippen LogP contribution in [0.25, 0.3) is 0 Å². The molecule has 0 aliphatic carbocycles. The summed E-state index contributed by atoms with van der Waals surface area (Å²) < 4.78 is 28.2. The minimum atomic E-state index is -1.05. The molecule has 8 heteroatoms. The topological polar surface area (TPSA) is 76.7 Å². The molecule has 2 rings (SSSR count). The van der Waals surface area contributed by atoms with E-state index in [2.05, 4.69) is 10.2 Å². The van der Waals surface area contributed by atoms with E-state index in [1.807, 2.05) is 0 Å². The van der Waals surface area contributed by atoms with Crippen LogP contribution in [0.4, 0.5) is 14.5 Å².